The Kier molecular flexibility index (Phi) is 7.11. The fraction of sp³-hybridized carbons (Fsp3) is 0.360. The van der Waals surface area contributed by atoms with Crippen LogP contribution >= 0.6 is 0 Å². The number of halogens is 1. The number of aromatic nitrogens is 1. The van der Waals surface area contributed by atoms with Crippen molar-refractivity contribution in [1.29, 1.82) is 10.8 Å². The van der Waals surface area contributed by atoms with Crippen molar-refractivity contribution in [2.75, 3.05) is 25.9 Å². The smallest absolute Gasteiger partial charge is 0.166 e. The van der Waals surface area contributed by atoms with Crippen molar-refractivity contribution in [3.63, 3.8) is 0 Å². The normalized spacial score (nSPS) is 21.4. The summed E-state index contributed by atoms with van der Waals surface area (Å²) in [6.45, 7) is 1.96. The topological polar surface area (TPSA) is 152 Å². The molecule has 1 saturated carbocycles. The van der Waals surface area contributed by atoms with Crippen molar-refractivity contribution >= 4 is 28.6 Å². The van der Waals surface area contributed by atoms with Crippen molar-refractivity contribution in [2.45, 2.75) is 32.3 Å². The molecule has 1 aromatic carbocycles. The van der Waals surface area contributed by atoms with Gasteiger partial charge in [0.1, 0.15) is 11.9 Å². The predicted octanol–water partition coefficient (Wildman–Crippen LogP) is 3.01. The number of fused-ring (bicyclic) bond motifs is 3. The average Bonchev–Trinajstić information content (AvgIpc) is 3.66. The Labute approximate surface area is 203 Å². The maximum Gasteiger partial charge on any atom is 0.166 e. The molecule has 0 radical (unpaired) electrons. The second-order valence-electron chi connectivity index (χ2n) is 8.76. The minimum absolute atomic E-state index is 0.0343. The number of anilines is 1. The fourth-order valence-electron chi connectivity index (χ4n) is 4.07. The standard InChI is InChI=1S/C25H30FN7O2/c1-13(27)18-9-20(33-30-2)23(28)17-6-5-16(26)8-19(17)22(12-34)35-21-7-15(11-32-25(21)29)24(18)31-10-14-3-4-14/h5-8,11,14,22,27-28,30-31,34H,3-4,9-10,12H2,1-2H3,(H2,29,32)/b24-18-,27-13?,28-23?,33-20-/t22-/m1/s1. The molecule has 2 heterocycles. The van der Waals surface area contributed by atoms with Gasteiger partial charge >= 0.3 is 0 Å². The Morgan fingerprint density at radius 2 is 2.11 bits per heavy atom. The van der Waals surface area contributed by atoms with E-state index >= 15 is 0 Å². The van der Waals surface area contributed by atoms with Crippen LogP contribution in [0.1, 0.15) is 49.0 Å². The lowest BCUT2D eigenvalue weighted by molar-refractivity contribution is 0.116. The number of nitrogen functional groups attached to an aromatic ring is 1. The summed E-state index contributed by atoms with van der Waals surface area (Å²) in [5, 5.41) is 35.5. The average molecular weight is 480 g/mol. The summed E-state index contributed by atoms with van der Waals surface area (Å²) in [7, 11) is 1.63. The van der Waals surface area contributed by atoms with Crippen LogP contribution in [-0.4, -0.2) is 47.4 Å². The molecular formula is C25H30FN7O2. The number of aliphatic hydroxyl groups excluding tert-OH is 1. The molecule has 1 aromatic heterocycles. The van der Waals surface area contributed by atoms with E-state index in [0.29, 0.717) is 39.7 Å². The first-order chi connectivity index (χ1) is 16.8. The first kappa shape index (κ1) is 24.3. The van der Waals surface area contributed by atoms with Gasteiger partial charge in [-0.1, -0.05) is 0 Å². The van der Waals surface area contributed by atoms with E-state index in [9.17, 15) is 9.50 Å². The van der Waals surface area contributed by atoms with Crippen LogP contribution in [-0.2, 0) is 0 Å². The Morgan fingerprint density at radius 3 is 2.77 bits per heavy atom. The summed E-state index contributed by atoms with van der Waals surface area (Å²) in [6.07, 6.45) is 3.08. The van der Waals surface area contributed by atoms with Gasteiger partial charge in [0.25, 0.3) is 0 Å². The third-order valence-electron chi connectivity index (χ3n) is 6.13. The zero-order valence-electron chi connectivity index (χ0n) is 19.8. The maximum atomic E-state index is 14.3. The summed E-state index contributed by atoms with van der Waals surface area (Å²) in [5.41, 5.74) is 12.2. The molecule has 184 valence electrons. The summed E-state index contributed by atoms with van der Waals surface area (Å²) in [5.74, 6) is 0.378. The van der Waals surface area contributed by atoms with Crippen LogP contribution in [0.15, 0.2) is 41.1 Å². The molecule has 0 saturated heterocycles. The van der Waals surface area contributed by atoms with Gasteiger partial charge < -0.3 is 31.7 Å². The summed E-state index contributed by atoms with van der Waals surface area (Å²) < 4.78 is 20.3. The number of nitrogens with zero attached hydrogens (tertiary/aromatic N) is 2. The molecule has 1 aliphatic carbocycles. The van der Waals surface area contributed by atoms with Crippen LogP contribution in [0.3, 0.4) is 0 Å². The van der Waals surface area contributed by atoms with E-state index in [-0.39, 0.29) is 29.3 Å². The second-order valence-corrected chi connectivity index (χ2v) is 8.76. The number of nitrogens with one attached hydrogen (secondary N) is 4. The van der Waals surface area contributed by atoms with Gasteiger partial charge in [0.2, 0.25) is 0 Å². The van der Waals surface area contributed by atoms with Crippen LogP contribution in [0.2, 0.25) is 0 Å². The van der Waals surface area contributed by atoms with Gasteiger partial charge in [-0.25, -0.2) is 9.37 Å². The van der Waals surface area contributed by atoms with Crippen LogP contribution in [0.25, 0.3) is 5.70 Å². The number of hydrogen-bond acceptors (Lipinski definition) is 9. The van der Waals surface area contributed by atoms with Crippen molar-refractivity contribution in [2.24, 2.45) is 11.0 Å². The molecule has 10 heteroatoms. The van der Waals surface area contributed by atoms with Gasteiger partial charge in [-0.3, -0.25) is 5.41 Å². The third-order valence-corrected chi connectivity index (χ3v) is 6.13. The van der Waals surface area contributed by atoms with Crippen molar-refractivity contribution in [3.05, 3.63) is 58.5 Å². The third kappa shape index (κ3) is 5.32. The molecule has 1 atom stereocenters. The van der Waals surface area contributed by atoms with Gasteiger partial charge in [-0.05, 0) is 49.9 Å². The minimum atomic E-state index is -0.994. The Morgan fingerprint density at radius 1 is 1.34 bits per heavy atom. The van der Waals surface area contributed by atoms with Gasteiger partial charge in [0, 0.05) is 59.9 Å². The largest absolute Gasteiger partial charge is 0.479 e. The van der Waals surface area contributed by atoms with Crippen LogP contribution < -0.4 is 21.2 Å². The minimum Gasteiger partial charge on any atom is -0.479 e. The molecule has 0 unspecified atom stereocenters. The fourth-order valence-corrected chi connectivity index (χ4v) is 4.07. The lowest BCUT2D eigenvalue weighted by Crippen LogP contribution is -2.26. The van der Waals surface area contributed by atoms with E-state index in [2.05, 4.69) is 20.8 Å². The second kappa shape index (κ2) is 10.2. The number of hydrogen-bond donors (Lipinski definition) is 6. The zero-order chi connectivity index (χ0) is 25.1. The number of nitrogens with two attached hydrogens (primary N) is 1. The zero-order valence-corrected chi connectivity index (χ0v) is 19.8. The van der Waals surface area contributed by atoms with Gasteiger partial charge in [-0.15, -0.1) is 0 Å². The number of aliphatic hydroxyl groups is 1. The lowest BCUT2D eigenvalue weighted by atomic mass is 9.91. The summed E-state index contributed by atoms with van der Waals surface area (Å²) >= 11 is 0. The van der Waals surface area contributed by atoms with Crippen molar-refractivity contribution in [3.8, 4) is 5.75 Å². The maximum absolute atomic E-state index is 14.3. The van der Waals surface area contributed by atoms with Gasteiger partial charge in [0.05, 0.1) is 18.0 Å². The number of pyridine rings is 1. The number of rotatable bonds is 6. The van der Waals surface area contributed by atoms with Crippen LogP contribution in [0.5, 0.6) is 5.75 Å². The Bertz CT molecular complexity index is 1220. The number of ether oxygens (including phenoxy) is 1. The SMILES string of the molecule is CN/N=C1/C/C(C(C)=N)=C(/NCC2CC2)c2cnc(N)c(c2)O[C@H](CO)c2cc(F)ccc2C1=N. The highest BCUT2D eigenvalue weighted by Crippen LogP contribution is 2.34. The molecular weight excluding hydrogens is 449 g/mol. The van der Waals surface area contributed by atoms with E-state index < -0.39 is 18.5 Å². The van der Waals surface area contributed by atoms with E-state index in [1.165, 1.54) is 18.2 Å². The lowest BCUT2D eigenvalue weighted by Gasteiger charge is -2.25. The highest BCUT2D eigenvalue weighted by atomic mass is 19.1. The molecule has 1 fully saturated rings. The van der Waals surface area contributed by atoms with E-state index in [1.807, 2.05) is 0 Å². The van der Waals surface area contributed by atoms with Crippen LogP contribution in [0.4, 0.5) is 10.2 Å². The molecule has 9 nitrogen and oxygen atoms in total. The number of benzene rings is 1. The molecule has 2 bridgehead atoms. The Hall–Kier alpha value is -3.79. The quantitative estimate of drug-likeness (QED) is 0.277. The summed E-state index contributed by atoms with van der Waals surface area (Å²) in [4.78, 5) is 4.30. The Balaban J connectivity index is 1.96. The number of allylic oxidation sites excluding steroid dienone is 1. The highest BCUT2D eigenvalue weighted by molar-refractivity contribution is 6.48. The first-order valence-electron chi connectivity index (χ1n) is 11.5. The van der Waals surface area contributed by atoms with Gasteiger partial charge in [0.15, 0.2) is 11.6 Å². The first-order valence-corrected chi connectivity index (χ1v) is 11.5. The highest BCUT2D eigenvalue weighted by Gasteiger charge is 2.27. The van der Waals surface area contributed by atoms with E-state index in [0.717, 1.165) is 19.4 Å². The predicted molar refractivity (Wildman–Crippen MR) is 134 cm³/mol. The van der Waals surface area contributed by atoms with Crippen LogP contribution in [0, 0.1) is 22.6 Å². The van der Waals surface area contributed by atoms with Crippen molar-refractivity contribution in [1.82, 2.24) is 15.7 Å². The van der Waals surface area contributed by atoms with Crippen molar-refractivity contribution < 1.29 is 14.2 Å². The molecule has 1 aliphatic heterocycles. The summed E-state index contributed by atoms with van der Waals surface area (Å²) in [6, 6.07) is 5.68. The molecule has 2 aromatic rings. The molecule has 0 spiro atoms. The molecule has 4 rings (SSSR count). The van der Waals surface area contributed by atoms with Gasteiger partial charge in [-0.2, -0.15) is 5.10 Å². The van der Waals surface area contributed by atoms with E-state index in [4.69, 9.17) is 21.3 Å². The molecule has 0 amide bonds. The molecule has 7 N–H and O–H groups in total. The van der Waals surface area contributed by atoms with E-state index in [1.54, 1.807) is 26.2 Å². The monoisotopic (exact) mass is 479 g/mol. The number of hydrazone groups is 1. The molecule has 2 aliphatic rings. The molecule has 35 heavy (non-hydrogen) atoms.